The lowest BCUT2D eigenvalue weighted by Crippen LogP contribution is -2.53. The largest absolute Gasteiger partial charge is 0.488 e. The number of piperazine rings is 1. The first-order valence-corrected chi connectivity index (χ1v) is 7.02. The van der Waals surface area contributed by atoms with Crippen LogP contribution < -0.4 is 10.1 Å². The molecule has 2 unspecified atom stereocenters. The van der Waals surface area contributed by atoms with Gasteiger partial charge in [-0.2, -0.15) is 0 Å². The summed E-state index contributed by atoms with van der Waals surface area (Å²) in [6, 6.07) is 8.41. The molecule has 1 aliphatic rings. The zero-order valence-electron chi connectivity index (χ0n) is 12.4. The quantitative estimate of drug-likeness (QED) is 0.903. The van der Waals surface area contributed by atoms with Crippen molar-refractivity contribution < 1.29 is 13.5 Å². The Balaban J connectivity index is 0.00000220. The number of rotatable bonds is 5. The Labute approximate surface area is 131 Å². The Bertz CT molecular complexity index is 417. The highest BCUT2D eigenvalue weighted by Gasteiger charge is 2.22. The molecule has 2 atom stereocenters. The van der Waals surface area contributed by atoms with Gasteiger partial charge in [-0.15, -0.1) is 12.4 Å². The molecule has 1 aliphatic heterocycles. The van der Waals surface area contributed by atoms with Crippen LogP contribution in [0.2, 0.25) is 0 Å². The Morgan fingerprint density at radius 3 is 2.57 bits per heavy atom. The highest BCUT2D eigenvalue weighted by molar-refractivity contribution is 5.85. The van der Waals surface area contributed by atoms with Crippen LogP contribution in [0.15, 0.2) is 24.3 Å². The number of nitrogens with zero attached hydrogens (tertiary/aromatic N) is 1. The molecule has 3 nitrogen and oxygen atoms in total. The summed E-state index contributed by atoms with van der Waals surface area (Å²) in [5, 5.41) is 3.45. The fourth-order valence-corrected chi connectivity index (χ4v) is 2.40. The van der Waals surface area contributed by atoms with Crippen LogP contribution in [0.1, 0.15) is 19.4 Å². The zero-order valence-corrected chi connectivity index (χ0v) is 13.2. The van der Waals surface area contributed by atoms with E-state index in [-0.39, 0.29) is 12.4 Å². The van der Waals surface area contributed by atoms with Crippen molar-refractivity contribution in [1.82, 2.24) is 10.2 Å². The van der Waals surface area contributed by atoms with Gasteiger partial charge < -0.3 is 10.1 Å². The first kappa shape index (κ1) is 18.1. The number of alkyl halides is 2. The smallest absolute Gasteiger partial charge is 0.272 e. The molecule has 1 aromatic rings. The first-order chi connectivity index (χ1) is 9.54. The second-order valence-corrected chi connectivity index (χ2v) is 5.43. The Hall–Kier alpha value is -0.910. The molecular formula is C15H23ClF2N2O. The molecule has 1 heterocycles. The van der Waals surface area contributed by atoms with Gasteiger partial charge in [-0.25, -0.2) is 8.78 Å². The predicted octanol–water partition coefficient (Wildman–Crippen LogP) is 2.93. The van der Waals surface area contributed by atoms with E-state index in [1.165, 1.54) is 5.56 Å². The molecule has 0 amide bonds. The van der Waals surface area contributed by atoms with Gasteiger partial charge in [0.25, 0.3) is 6.43 Å². The minimum absolute atomic E-state index is 0. The molecule has 1 aromatic carbocycles. The van der Waals surface area contributed by atoms with Crippen molar-refractivity contribution in [3.05, 3.63) is 29.8 Å². The zero-order chi connectivity index (χ0) is 14.5. The molecular weight excluding hydrogens is 298 g/mol. The lowest BCUT2D eigenvalue weighted by Gasteiger charge is -2.37. The van der Waals surface area contributed by atoms with Crippen molar-refractivity contribution in [2.75, 3.05) is 19.7 Å². The van der Waals surface area contributed by atoms with Gasteiger partial charge in [0.05, 0.1) is 0 Å². The molecule has 1 saturated heterocycles. The van der Waals surface area contributed by atoms with Crippen LogP contribution >= 0.6 is 12.4 Å². The van der Waals surface area contributed by atoms with Crippen LogP contribution in [-0.4, -0.2) is 43.1 Å². The van der Waals surface area contributed by atoms with Gasteiger partial charge in [0, 0.05) is 31.7 Å². The maximum absolute atomic E-state index is 12.1. The summed E-state index contributed by atoms with van der Waals surface area (Å²) >= 11 is 0. The van der Waals surface area contributed by atoms with Gasteiger partial charge in [-0.1, -0.05) is 12.1 Å². The molecule has 0 spiro atoms. The van der Waals surface area contributed by atoms with Gasteiger partial charge >= 0.3 is 0 Å². The van der Waals surface area contributed by atoms with Crippen LogP contribution in [0.5, 0.6) is 5.75 Å². The van der Waals surface area contributed by atoms with Crippen LogP contribution in [0.4, 0.5) is 8.78 Å². The fraction of sp³-hybridized carbons (Fsp3) is 0.600. The van der Waals surface area contributed by atoms with E-state index in [0.717, 1.165) is 19.6 Å². The highest BCUT2D eigenvalue weighted by atomic mass is 35.5. The van der Waals surface area contributed by atoms with Crippen molar-refractivity contribution in [1.29, 1.82) is 0 Å². The van der Waals surface area contributed by atoms with Gasteiger partial charge in [0.2, 0.25) is 0 Å². The number of halogens is 3. The second kappa shape index (κ2) is 8.51. The molecule has 0 aliphatic carbocycles. The maximum atomic E-state index is 12.1. The maximum Gasteiger partial charge on any atom is 0.272 e. The van der Waals surface area contributed by atoms with E-state index in [4.69, 9.17) is 4.74 Å². The van der Waals surface area contributed by atoms with E-state index in [0.29, 0.717) is 17.8 Å². The lowest BCUT2D eigenvalue weighted by molar-refractivity contribution is 0.0818. The molecule has 0 bridgehead atoms. The van der Waals surface area contributed by atoms with E-state index < -0.39 is 13.0 Å². The van der Waals surface area contributed by atoms with Crippen molar-refractivity contribution in [2.45, 2.75) is 38.9 Å². The molecule has 2 rings (SSSR count). The van der Waals surface area contributed by atoms with Crippen LogP contribution in [0, 0.1) is 0 Å². The van der Waals surface area contributed by atoms with Crippen molar-refractivity contribution in [3.63, 3.8) is 0 Å². The fourth-order valence-electron chi connectivity index (χ4n) is 2.40. The normalized spacial score (nSPS) is 22.9. The van der Waals surface area contributed by atoms with E-state index in [1.54, 1.807) is 12.1 Å². The average Bonchev–Trinajstić information content (AvgIpc) is 2.42. The van der Waals surface area contributed by atoms with E-state index >= 15 is 0 Å². The first-order valence-electron chi connectivity index (χ1n) is 7.02. The van der Waals surface area contributed by atoms with Crippen LogP contribution in [0.25, 0.3) is 0 Å². The van der Waals surface area contributed by atoms with E-state index in [9.17, 15) is 8.78 Å². The Morgan fingerprint density at radius 1 is 1.29 bits per heavy atom. The lowest BCUT2D eigenvalue weighted by atomic mass is 10.1. The summed E-state index contributed by atoms with van der Waals surface area (Å²) < 4.78 is 29.1. The molecule has 1 fully saturated rings. The number of nitrogens with one attached hydrogen (secondary N) is 1. The Morgan fingerprint density at radius 2 is 1.95 bits per heavy atom. The molecule has 0 saturated carbocycles. The van der Waals surface area contributed by atoms with Crippen LogP contribution in [-0.2, 0) is 6.54 Å². The monoisotopic (exact) mass is 320 g/mol. The average molecular weight is 321 g/mol. The number of hydrogen-bond donors (Lipinski definition) is 1. The molecule has 0 radical (unpaired) electrons. The predicted molar refractivity (Wildman–Crippen MR) is 82.5 cm³/mol. The molecule has 6 heteroatoms. The summed E-state index contributed by atoms with van der Waals surface area (Å²) in [5.74, 6) is 0.496. The summed E-state index contributed by atoms with van der Waals surface area (Å²) in [7, 11) is 0. The highest BCUT2D eigenvalue weighted by Crippen LogP contribution is 2.16. The third kappa shape index (κ3) is 5.77. The minimum Gasteiger partial charge on any atom is -0.488 e. The minimum atomic E-state index is -2.43. The van der Waals surface area contributed by atoms with Crippen LogP contribution in [0.3, 0.4) is 0 Å². The summed E-state index contributed by atoms with van der Waals surface area (Å²) in [6.07, 6.45) is -2.43. The topological polar surface area (TPSA) is 24.5 Å². The number of benzene rings is 1. The van der Waals surface area contributed by atoms with Gasteiger partial charge in [-0.05, 0) is 31.5 Å². The number of hydrogen-bond acceptors (Lipinski definition) is 3. The summed E-state index contributed by atoms with van der Waals surface area (Å²) in [6.45, 7) is 6.73. The molecule has 21 heavy (non-hydrogen) atoms. The van der Waals surface area contributed by atoms with Crippen molar-refractivity contribution >= 4 is 12.4 Å². The van der Waals surface area contributed by atoms with E-state index in [1.807, 2.05) is 12.1 Å². The third-order valence-electron chi connectivity index (χ3n) is 3.58. The molecule has 1 N–H and O–H groups in total. The summed E-state index contributed by atoms with van der Waals surface area (Å²) in [4.78, 5) is 2.43. The van der Waals surface area contributed by atoms with Gasteiger partial charge in [0.15, 0.2) is 0 Å². The van der Waals surface area contributed by atoms with E-state index in [2.05, 4.69) is 24.1 Å². The second-order valence-electron chi connectivity index (χ2n) is 5.43. The SMILES string of the molecule is CC1CN(Cc2ccc(OCC(F)F)cc2)C(C)CN1.Cl. The van der Waals surface area contributed by atoms with Gasteiger partial charge in [0.1, 0.15) is 12.4 Å². The molecule has 0 aromatic heterocycles. The third-order valence-corrected chi connectivity index (χ3v) is 3.58. The number of ether oxygens (including phenoxy) is 1. The molecule has 120 valence electrons. The summed E-state index contributed by atoms with van der Waals surface area (Å²) in [5.41, 5.74) is 1.18. The van der Waals surface area contributed by atoms with Crippen molar-refractivity contribution in [3.8, 4) is 5.75 Å². The van der Waals surface area contributed by atoms with Crippen molar-refractivity contribution in [2.24, 2.45) is 0 Å². The standard InChI is InChI=1S/C15H22F2N2O.ClH/c1-11-8-19(12(2)7-18-11)9-13-3-5-14(6-4-13)20-10-15(16)17;/h3-6,11-12,15,18H,7-10H2,1-2H3;1H. The van der Waals surface area contributed by atoms with Gasteiger partial charge in [-0.3, -0.25) is 4.90 Å². The Kier molecular flexibility index (Phi) is 7.35.